The molecule has 1 aromatic carbocycles. The van der Waals surface area contributed by atoms with Crippen molar-refractivity contribution in [2.75, 3.05) is 7.11 Å². The topological polar surface area (TPSA) is 77.6 Å². The largest absolute Gasteiger partial charge is 0.497 e. The summed E-state index contributed by atoms with van der Waals surface area (Å²) in [5.74, 6) is -1.95. The van der Waals surface area contributed by atoms with Gasteiger partial charge in [0.25, 0.3) is 5.79 Å². The molecule has 6 heteroatoms. The SMILES string of the molecule is COc1ccc2[nH]cc(C=C3C(=O)OC(C)(C)OC3=O)c2c1. The molecule has 3 rings (SSSR count). The fraction of sp³-hybridized carbons (Fsp3) is 0.250. The Balaban J connectivity index is 2.05. The Morgan fingerprint density at radius 2 is 1.86 bits per heavy atom. The zero-order chi connectivity index (χ0) is 15.9. The minimum absolute atomic E-state index is 0.136. The third-order valence-corrected chi connectivity index (χ3v) is 3.34. The summed E-state index contributed by atoms with van der Waals surface area (Å²) in [5.41, 5.74) is 1.41. The molecule has 0 bridgehead atoms. The minimum atomic E-state index is -1.24. The van der Waals surface area contributed by atoms with E-state index in [0.717, 1.165) is 10.9 Å². The first-order valence-electron chi connectivity index (χ1n) is 6.73. The van der Waals surface area contributed by atoms with Crippen LogP contribution in [0.3, 0.4) is 0 Å². The van der Waals surface area contributed by atoms with Crippen LogP contribution >= 0.6 is 0 Å². The Bertz CT molecular complexity index is 778. The molecule has 1 saturated heterocycles. The van der Waals surface area contributed by atoms with Gasteiger partial charge in [0.05, 0.1) is 7.11 Å². The summed E-state index contributed by atoms with van der Waals surface area (Å²) in [5, 5.41) is 0.831. The van der Waals surface area contributed by atoms with Gasteiger partial charge in [-0.3, -0.25) is 0 Å². The van der Waals surface area contributed by atoms with E-state index in [1.807, 2.05) is 18.2 Å². The molecular formula is C16H15NO5. The summed E-state index contributed by atoms with van der Waals surface area (Å²) in [6, 6.07) is 5.50. The quantitative estimate of drug-likeness (QED) is 0.523. The third-order valence-electron chi connectivity index (χ3n) is 3.34. The number of esters is 2. The predicted octanol–water partition coefficient (Wildman–Crippen LogP) is 2.40. The zero-order valence-corrected chi connectivity index (χ0v) is 12.4. The lowest BCUT2D eigenvalue weighted by Crippen LogP contribution is -2.41. The molecule has 0 amide bonds. The van der Waals surface area contributed by atoms with Gasteiger partial charge in [0.1, 0.15) is 11.3 Å². The molecule has 1 aliphatic rings. The average molecular weight is 301 g/mol. The van der Waals surface area contributed by atoms with Crippen LogP contribution in [0.5, 0.6) is 5.75 Å². The van der Waals surface area contributed by atoms with Crippen molar-refractivity contribution in [3.8, 4) is 5.75 Å². The van der Waals surface area contributed by atoms with Crippen molar-refractivity contribution >= 4 is 28.9 Å². The van der Waals surface area contributed by atoms with Crippen molar-refractivity contribution < 1.29 is 23.8 Å². The van der Waals surface area contributed by atoms with E-state index in [1.165, 1.54) is 19.9 Å². The summed E-state index contributed by atoms with van der Waals surface area (Å²) >= 11 is 0. The number of aromatic nitrogens is 1. The average Bonchev–Trinajstić information content (AvgIpc) is 2.84. The Morgan fingerprint density at radius 1 is 1.18 bits per heavy atom. The van der Waals surface area contributed by atoms with Crippen LogP contribution in [0.25, 0.3) is 17.0 Å². The number of fused-ring (bicyclic) bond motifs is 1. The van der Waals surface area contributed by atoms with Crippen LogP contribution in [-0.2, 0) is 19.1 Å². The number of carbonyl (C=O) groups excluding carboxylic acids is 2. The molecule has 0 aliphatic carbocycles. The van der Waals surface area contributed by atoms with Crippen LogP contribution < -0.4 is 4.74 Å². The monoisotopic (exact) mass is 301 g/mol. The minimum Gasteiger partial charge on any atom is -0.497 e. The van der Waals surface area contributed by atoms with Crippen LogP contribution in [0.2, 0.25) is 0 Å². The molecule has 2 aromatic rings. The van der Waals surface area contributed by atoms with Crippen molar-refractivity contribution in [2.45, 2.75) is 19.6 Å². The van der Waals surface area contributed by atoms with Crippen molar-refractivity contribution in [1.82, 2.24) is 4.98 Å². The molecule has 1 aliphatic heterocycles. The molecule has 6 nitrogen and oxygen atoms in total. The van der Waals surface area contributed by atoms with Crippen LogP contribution in [0, 0.1) is 0 Å². The van der Waals surface area contributed by atoms with Crippen molar-refractivity contribution in [3.05, 3.63) is 35.5 Å². The predicted molar refractivity (Wildman–Crippen MR) is 79.1 cm³/mol. The lowest BCUT2D eigenvalue weighted by molar-refractivity contribution is -0.222. The molecule has 1 aromatic heterocycles. The second kappa shape index (κ2) is 4.91. The normalized spacial score (nSPS) is 17.1. The van der Waals surface area contributed by atoms with Crippen molar-refractivity contribution in [1.29, 1.82) is 0 Å². The maximum Gasteiger partial charge on any atom is 0.348 e. The summed E-state index contributed by atoms with van der Waals surface area (Å²) in [6.07, 6.45) is 3.16. The second-order valence-electron chi connectivity index (χ2n) is 5.39. The van der Waals surface area contributed by atoms with Gasteiger partial charge in [0.15, 0.2) is 0 Å². The molecule has 1 N–H and O–H groups in total. The van der Waals surface area contributed by atoms with E-state index in [2.05, 4.69) is 4.98 Å². The number of aromatic amines is 1. The highest BCUT2D eigenvalue weighted by atomic mass is 16.7. The molecule has 2 heterocycles. The number of cyclic esters (lactones) is 2. The van der Waals surface area contributed by atoms with E-state index in [-0.39, 0.29) is 5.57 Å². The van der Waals surface area contributed by atoms with Gasteiger partial charge in [-0.25, -0.2) is 9.59 Å². The highest BCUT2D eigenvalue weighted by molar-refractivity contribution is 6.19. The maximum absolute atomic E-state index is 12.0. The molecular weight excluding hydrogens is 286 g/mol. The molecule has 0 atom stereocenters. The van der Waals surface area contributed by atoms with Crippen LogP contribution in [-0.4, -0.2) is 29.8 Å². The second-order valence-corrected chi connectivity index (χ2v) is 5.39. The number of hydrogen-bond acceptors (Lipinski definition) is 5. The highest BCUT2D eigenvalue weighted by Gasteiger charge is 2.38. The number of H-pyrrole nitrogens is 1. The Labute approximate surface area is 126 Å². The van der Waals surface area contributed by atoms with Crippen LogP contribution in [0.4, 0.5) is 0 Å². The lowest BCUT2D eigenvalue weighted by atomic mass is 10.1. The van der Waals surface area contributed by atoms with Crippen LogP contribution in [0.15, 0.2) is 30.0 Å². The number of methoxy groups -OCH3 is 1. The number of carbonyl (C=O) groups is 2. The third kappa shape index (κ3) is 2.43. The van der Waals surface area contributed by atoms with Gasteiger partial charge in [-0.15, -0.1) is 0 Å². The fourth-order valence-corrected chi connectivity index (χ4v) is 2.30. The first-order chi connectivity index (χ1) is 10.4. The Kier molecular flexibility index (Phi) is 3.16. The van der Waals surface area contributed by atoms with E-state index in [1.54, 1.807) is 13.3 Å². The Hall–Kier alpha value is -2.76. The van der Waals surface area contributed by atoms with Gasteiger partial charge in [-0.1, -0.05) is 0 Å². The summed E-state index contributed by atoms with van der Waals surface area (Å²) in [6.45, 7) is 3.02. The molecule has 0 unspecified atom stereocenters. The van der Waals surface area contributed by atoms with E-state index >= 15 is 0 Å². The number of hydrogen-bond donors (Lipinski definition) is 1. The molecule has 0 saturated carbocycles. The van der Waals surface area contributed by atoms with Gasteiger partial charge >= 0.3 is 11.9 Å². The van der Waals surface area contributed by atoms with E-state index in [9.17, 15) is 9.59 Å². The van der Waals surface area contributed by atoms with Crippen molar-refractivity contribution in [2.24, 2.45) is 0 Å². The summed E-state index contributed by atoms with van der Waals surface area (Å²) < 4.78 is 15.3. The van der Waals surface area contributed by atoms with Gasteiger partial charge in [0, 0.05) is 36.5 Å². The van der Waals surface area contributed by atoms with Gasteiger partial charge < -0.3 is 19.2 Å². The number of nitrogens with one attached hydrogen (secondary N) is 1. The number of ether oxygens (including phenoxy) is 3. The van der Waals surface area contributed by atoms with E-state index in [0.29, 0.717) is 11.3 Å². The lowest BCUT2D eigenvalue weighted by Gasteiger charge is -2.29. The zero-order valence-electron chi connectivity index (χ0n) is 12.4. The molecule has 1 fully saturated rings. The van der Waals surface area contributed by atoms with Crippen LogP contribution in [0.1, 0.15) is 19.4 Å². The summed E-state index contributed by atoms with van der Waals surface area (Å²) in [7, 11) is 1.57. The Morgan fingerprint density at radius 3 is 2.50 bits per heavy atom. The van der Waals surface area contributed by atoms with E-state index in [4.69, 9.17) is 14.2 Å². The smallest absolute Gasteiger partial charge is 0.348 e. The molecule has 0 radical (unpaired) electrons. The maximum atomic E-state index is 12.0. The van der Waals surface area contributed by atoms with E-state index < -0.39 is 17.7 Å². The fourth-order valence-electron chi connectivity index (χ4n) is 2.30. The van der Waals surface area contributed by atoms with Crippen molar-refractivity contribution in [3.63, 3.8) is 0 Å². The first-order valence-corrected chi connectivity index (χ1v) is 6.73. The standard InChI is InChI=1S/C16H15NO5/c1-16(2)21-14(18)12(15(19)22-16)6-9-8-17-13-5-4-10(20-3)7-11(9)13/h4-8,17H,1-3H3. The molecule has 22 heavy (non-hydrogen) atoms. The molecule has 114 valence electrons. The number of rotatable bonds is 2. The highest BCUT2D eigenvalue weighted by Crippen LogP contribution is 2.28. The first kappa shape index (κ1) is 14.2. The van der Waals surface area contributed by atoms with Gasteiger partial charge in [0.2, 0.25) is 0 Å². The van der Waals surface area contributed by atoms with Gasteiger partial charge in [-0.05, 0) is 24.3 Å². The summed E-state index contributed by atoms with van der Waals surface area (Å²) in [4.78, 5) is 27.0. The van der Waals surface area contributed by atoms with Gasteiger partial charge in [-0.2, -0.15) is 0 Å². The molecule has 0 spiro atoms. The number of benzene rings is 1.